The molecule has 0 saturated carbocycles. The minimum absolute atomic E-state index is 0. The first-order chi connectivity index (χ1) is 8.22. The lowest BCUT2D eigenvalue weighted by Gasteiger charge is -2.25. The molecule has 0 radical (unpaired) electrons. The van der Waals surface area contributed by atoms with Gasteiger partial charge in [-0.1, -0.05) is 0 Å². The van der Waals surface area contributed by atoms with Crippen molar-refractivity contribution >= 4 is 24.3 Å². The lowest BCUT2D eigenvalue weighted by Crippen LogP contribution is -2.30. The van der Waals surface area contributed by atoms with Crippen molar-refractivity contribution in [3.63, 3.8) is 0 Å². The van der Waals surface area contributed by atoms with E-state index in [1.165, 1.54) is 19.3 Å². The Morgan fingerprint density at radius 2 is 2.06 bits per heavy atom. The number of rotatable bonds is 3. The molecule has 2 heterocycles. The highest BCUT2D eigenvalue weighted by Crippen LogP contribution is 2.18. The summed E-state index contributed by atoms with van der Waals surface area (Å²) in [7, 11) is 0. The van der Waals surface area contributed by atoms with Crippen molar-refractivity contribution < 1.29 is 9.53 Å². The van der Waals surface area contributed by atoms with Crippen LogP contribution in [0.2, 0.25) is 0 Å². The van der Waals surface area contributed by atoms with Gasteiger partial charge in [-0.15, -0.1) is 12.4 Å². The SMILES string of the molecule is CCOC(=O)c1nc(N2CCCCC2)[nH]c1C.Cl. The van der Waals surface area contributed by atoms with Gasteiger partial charge in [0.05, 0.1) is 6.61 Å². The van der Waals surface area contributed by atoms with Gasteiger partial charge in [-0.25, -0.2) is 9.78 Å². The van der Waals surface area contributed by atoms with Crippen molar-refractivity contribution in [2.75, 3.05) is 24.6 Å². The highest BCUT2D eigenvalue weighted by Gasteiger charge is 2.20. The molecule has 1 aliphatic rings. The highest BCUT2D eigenvalue weighted by molar-refractivity contribution is 5.89. The number of ether oxygens (including phenoxy) is 1. The molecule has 0 atom stereocenters. The first-order valence-corrected chi connectivity index (χ1v) is 6.21. The molecule has 1 fully saturated rings. The minimum Gasteiger partial charge on any atom is -0.461 e. The summed E-state index contributed by atoms with van der Waals surface area (Å²) >= 11 is 0. The van der Waals surface area contributed by atoms with Gasteiger partial charge in [0, 0.05) is 18.8 Å². The zero-order valence-corrected chi connectivity index (χ0v) is 11.7. The Hall–Kier alpha value is -1.23. The van der Waals surface area contributed by atoms with E-state index in [2.05, 4.69) is 14.9 Å². The molecule has 1 saturated heterocycles. The molecule has 1 aromatic heterocycles. The van der Waals surface area contributed by atoms with Crippen LogP contribution in [0.3, 0.4) is 0 Å². The van der Waals surface area contributed by atoms with Gasteiger partial charge in [0.2, 0.25) is 5.95 Å². The predicted octanol–water partition coefficient (Wildman–Crippen LogP) is 2.31. The number of nitrogens with one attached hydrogen (secondary N) is 1. The van der Waals surface area contributed by atoms with E-state index in [0.29, 0.717) is 12.3 Å². The van der Waals surface area contributed by atoms with Gasteiger partial charge in [-0.3, -0.25) is 0 Å². The van der Waals surface area contributed by atoms with Crippen LogP contribution in [-0.2, 0) is 4.74 Å². The third kappa shape index (κ3) is 3.16. The van der Waals surface area contributed by atoms with E-state index in [-0.39, 0.29) is 18.4 Å². The number of esters is 1. The van der Waals surface area contributed by atoms with E-state index in [1.54, 1.807) is 6.92 Å². The van der Waals surface area contributed by atoms with Gasteiger partial charge >= 0.3 is 5.97 Å². The van der Waals surface area contributed by atoms with Crippen LogP contribution in [0, 0.1) is 6.92 Å². The number of anilines is 1. The average Bonchev–Trinajstić information content (AvgIpc) is 2.73. The Morgan fingerprint density at radius 1 is 1.39 bits per heavy atom. The molecule has 0 amide bonds. The maximum Gasteiger partial charge on any atom is 0.358 e. The van der Waals surface area contributed by atoms with Crippen LogP contribution in [-0.4, -0.2) is 35.6 Å². The molecule has 2 rings (SSSR count). The topological polar surface area (TPSA) is 58.2 Å². The number of aromatic nitrogens is 2. The fourth-order valence-electron chi connectivity index (χ4n) is 2.10. The maximum atomic E-state index is 11.6. The predicted molar refractivity (Wildman–Crippen MR) is 72.6 cm³/mol. The highest BCUT2D eigenvalue weighted by atomic mass is 35.5. The Kier molecular flexibility index (Phi) is 5.47. The molecule has 102 valence electrons. The molecule has 18 heavy (non-hydrogen) atoms. The summed E-state index contributed by atoms with van der Waals surface area (Å²) in [4.78, 5) is 21.3. The van der Waals surface area contributed by atoms with Gasteiger partial charge in [0.15, 0.2) is 5.69 Å². The van der Waals surface area contributed by atoms with E-state index < -0.39 is 0 Å². The van der Waals surface area contributed by atoms with Crippen molar-refractivity contribution in [1.29, 1.82) is 0 Å². The van der Waals surface area contributed by atoms with Crippen LogP contribution in [0.25, 0.3) is 0 Å². The lowest BCUT2D eigenvalue weighted by molar-refractivity contribution is 0.0519. The maximum absolute atomic E-state index is 11.6. The summed E-state index contributed by atoms with van der Waals surface area (Å²) in [6.45, 7) is 6.05. The Labute approximate surface area is 113 Å². The number of piperidine rings is 1. The summed E-state index contributed by atoms with van der Waals surface area (Å²) in [5, 5.41) is 0. The van der Waals surface area contributed by atoms with Crippen molar-refractivity contribution in [3.05, 3.63) is 11.4 Å². The minimum atomic E-state index is -0.343. The quantitative estimate of drug-likeness (QED) is 0.859. The normalized spacial score (nSPS) is 15.1. The fraction of sp³-hybridized carbons (Fsp3) is 0.667. The summed E-state index contributed by atoms with van der Waals surface area (Å²) in [5.74, 6) is 0.453. The van der Waals surface area contributed by atoms with E-state index in [9.17, 15) is 4.79 Å². The molecule has 1 aliphatic heterocycles. The summed E-state index contributed by atoms with van der Waals surface area (Å²) < 4.78 is 4.97. The third-order valence-electron chi connectivity index (χ3n) is 3.00. The van der Waals surface area contributed by atoms with Crippen LogP contribution < -0.4 is 4.90 Å². The number of carbonyl (C=O) groups is 1. The number of aryl methyl sites for hydroxylation is 1. The molecule has 1 N–H and O–H groups in total. The van der Waals surface area contributed by atoms with Crippen LogP contribution in [0.4, 0.5) is 5.95 Å². The van der Waals surface area contributed by atoms with Gasteiger partial charge in [-0.05, 0) is 33.1 Å². The number of imidazole rings is 1. The van der Waals surface area contributed by atoms with Gasteiger partial charge in [0.25, 0.3) is 0 Å². The molecule has 1 aromatic rings. The van der Waals surface area contributed by atoms with Gasteiger partial charge < -0.3 is 14.6 Å². The second-order valence-electron chi connectivity index (χ2n) is 4.30. The standard InChI is InChI=1S/C12H19N3O2.ClH/c1-3-17-11(16)10-9(2)13-12(14-10)15-7-5-4-6-8-15;/h3-8H2,1-2H3,(H,13,14);1H. The van der Waals surface area contributed by atoms with Gasteiger partial charge in [-0.2, -0.15) is 0 Å². The summed E-state index contributed by atoms with van der Waals surface area (Å²) in [6, 6.07) is 0. The van der Waals surface area contributed by atoms with Crippen molar-refractivity contribution in [3.8, 4) is 0 Å². The van der Waals surface area contributed by atoms with E-state index in [1.807, 2.05) is 6.92 Å². The molecular weight excluding hydrogens is 254 g/mol. The van der Waals surface area contributed by atoms with Crippen LogP contribution >= 0.6 is 12.4 Å². The number of carbonyl (C=O) groups excluding carboxylic acids is 1. The van der Waals surface area contributed by atoms with E-state index in [4.69, 9.17) is 4.74 Å². The van der Waals surface area contributed by atoms with Crippen LogP contribution in [0.1, 0.15) is 42.4 Å². The van der Waals surface area contributed by atoms with Crippen LogP contribution in [0.15, 0.2) is 0 Å². The molecular formula is C12H20ClN3O2. The van der Waals surface area contributed by atoms with Gasteiger partial charge in [0.1, 0.15) is 0 Å². The molecule has 6 heteroatoms. The monoisotopic (exact) mass is 273 g/mol. The molecule has 5 nitrogen and oxygen atoms in total. The second kappa shape index (κ2) is 6.64. The smallest absolute Gasteiger partial charge is 0.358 e. The van der Waals surface area contributed by atoms with Crippen molar-refractivity contribution in [1.82, 2.24) is 9.97 Å². The molecule has 0 unspecified atom stereocenters. The Bertz CT molecular complexity index is 400. The third-order valence-corrected chi connectivity index (χ3v) is 3.00. The number of halogens is 1. The average molecular weight is 274 g/mol. The molecule has 0 spiro atoms. The van der Waals surface area contributed by atoms with Crippen LogP contribution in [0.5, 0.6) is 0 Å². The Morgan fingerprint density at radius 3 is 2.67 bits per heavy atom. The number of H-pyrrole nitrogens is 1. The Balaban J connectivity index is 0.00000162. The fourth-order valence-corrected chi connectivity index (χ4v) is 2.10. The molecule has 0 aliphatic carbocycles. The van der Waals surface area contributed by atoms with E-state index in [0.717, 1.165) is 24.7 Å². The summed E-state index contributed by atoms with van der Waals surface area (Å²) in [6.07, 6.45) is 3.66. The van der Waals surface area contributed by atoms with E-state index >= 15 is 0 Å². The zero-order valence-electron chi connectivity index (χ0n) is 10.9. The number of aromatic amines is 1. The molecule has 0 bridgehead atoms. The zero-order chi connectivity index (χ0) is 12.3. The van der Waals surface area contributed by atoms with Crippen molar-refractivity contribution in [2.45, 2.75) is 33.1 Å². The second-order valence-corrected chi connectivity index (χ2v) is 4.30. The first-order valence-electron chi connectivity index (χ1n) is 6.21. The number of nitrogens with zero attached hydrogens (tertiary/aromatic N) is 2. The lowest BCUT2D eigenvalue weighted by atomic mass is 10.1. The largest absolute Gasteiger partial charge is 0.461 e. The molecule has 0 aromatic carbocycles. The van der Waals surface area contributed by atoms with Crippen molar-refractivity contribution in [2.24, 2.45) is 0 Å². The summed E-state index contributed by atoms with van der Waals surface area (Å²) in [5.41, 5.74) is 1.19. The first kappa shape index (κ1) is 14.8. The number of hydrogen-bond acceptors (Lipinski definition) is 4. The number of hydrogen-bond donors (Lipinski definition) is 1.